The van der Waals surface area contributed by atoms with Crippen molar-refractivity contribution in [3.8, 4) is 6.07 Å². The van der Waals surface area contributed by atoms with Crippen molar-refractivity contribution >= 4 is 34.4 Å². The van der Waals surface area contributed by atoms with Gasteiger partial charge in [-0.1, -0.05) is 17.8 Å². The summed E-state index contributed by atoms with van der Waals surface area (Å²) in [5.41, 5.74) is 3.83. The van der Waals surface area contributed by atoms with Gasteiger partial charge in [-0.3, -0.25) is 9.48 Å². The van der Waals surface area contributed by atoms with E-state index in [0.717, 1.165) is 27.3 Å². The van der Waals surface area contributed by atoms with Crippen molar-refractivity contribution in [3.05, 3.63) is 41.9 Å². The molecule has 0 unspecified atom stereocenters. The summed E-state index contributed by atoms with van der Waals surface area (Å²) >= 11 is 1.36. The topological polar surface area (TPSA) is 87.7 Å². The molecule has 7 nitrogen and oxygen atoms in total. The molecule has 2 heterocycles. The Kier molecular flexibility index (Phi) is 5.72. The smallest absolute Gasteiger partial charge is 0.237 e. The van der Waals surface area contributed by atoms with E-state index >= 15 is 0 Å². The molecule has 0 aliphatic carbocycles. The van der Waals surface area contributed by atoms with Crippen molar-refractivity contribution in [2.24, 2.45) is 7.05 Å². The molecule has 0 fully saturated rings. The summed E-state index contributed by atoms with van der Waals surface area (Å²) in [5, 5.41) is 14.7. The van der Waals surface area contributed by atoms with Gasteiger partial charge in [0.2, 0.25) is 5.91 Å². The first-order valence-corrected chi connectivity index (χ1v) is 9.50. The molecule has 3 rings (SSSR count). The quantitative estimate of drug-likeness (QED) is 0.482. The van der Waals surface area contributed by atoms with Crippen LogP contribution in [0, 0.1) is 25.2 Å². The Bertz CT molecular complexity index is 1020. The Morgan fingerprint density at radius 2 is 2.11 bits per heavy atom. The molecule has 0 radical (unpaired) electrons. The fraction of sp³-hybridized carbons (Fsp3) is 0.316. The Hall–Kier alpha value is -2.92. The van der Waals surface area contributed by atoms with Gasteiger partial charge in [0.25, 0.3) is 0 Å². The second kappa shape index (κ2) is 8.18. The van der Waals surface area contributed by atoms with Crippen molar-refractivity contribution < 1.29 is 4.79 Å². The van der Waals surface area contributed by atoms with E-state index in [1.54, 1.807) is 15.8 Å². The zero-order valence-corrected chi connectivity index (χ0v) is 16.3. The lowest BCUT2D eigenvalue weighted by Crippen LogP contribution is -2.33. The minimum atomic E-state index is -0.0610. The van der Waals surface area contributed by atoms with Gasteiger partial charge in [-0.25, -0.2) is 9.97 Å². The minimum absolute atomic E-state index is 0.0610. The lowest BCUT2D eigenvalue weighted by Gasteiger charge is -2.22. The third-order valence-corrected chi connectivity index (χ3v) is 5.37. The second-order valence-corrected chi connectivity index (χ2v) is 7.16. The SMILES string of the molecule is Cc1ccc(N(CCC#N)C(=O)CSc2ncnc3c2cnn3C)cc1C. The van der Waals surface area contributed by atoms with Crippen LogP contribution in [0.2, 0.25) is 0 Å². The first kappa shape index (κ1) is 18.9. The van der Waals surface area contributed by atoms with Crippen molar-refractivity contribution in [2.45, 2.75) is 25.3 Å². The first-order chi connectivity index (χ1) is 13.0. The number of carbonyl (C=O) groups is 1. The standard InChI is InChI=1S/C19H20N6OS/c1-13-5-6-15(9-14(13)2)25(8-4-7-20)17(26)11-27-19-16-10-23-24(3)18(16)21-12-22-19/h5-6,9-10,12H,4,8,11H2,1-3H3. The third-order valence-electron chi connectivity index (χ3n) is 4.38. The van der Waals surface area contributed by atoms with Crippen LogP contribution in [0.4, 0.5) is 5.69 Å². The van der Waals surface area contributed by atoms with E-state index in [9.17, 15) is 4.79 Å². The van der Waals surface area contributed by atoms with E-state index in [-0.39, 0.29) is 18.1 Å². The van der Waals surface area contributed by atoms with Gasteiger partial charge in [-0.15, -0.1) is 0 Å². The maximum absolute atomic E-state index is 12.9. The van der Waals surface area contributed by atoms with Gasteiger partial charge in [-0.05, 0) is 37.1 Å². The number of nitrogens with zero attached hydrogens (tertiary/aromatic N) is 6. The molecule has 27 heavy (non-hydrogen) atoms. The van der Waals surface area contributed by atoms with Crippen LogP contribution in [0.15, 0.2) is 35.7 Å². The van der Waals surface area contributed by atoms with Crippen LogP contribution < -0.4 is 4.90 Å². The van der Waals surface area contributed by atoms with Gasteiger partial charge in [0.15, 0.2) is 5.65 Å². The zero-order chi connectivity index (χ0) is 19.4. The number of thioether (sulfide) groups is 1. The summed E-state index contributed by atoms with van der Waals surface area (Å²) in [5.74, 6) is 0.161. The fourth-order valence-electron chi connectivity index (χ4n) is 2.72. The van der Waals surface area contributed by atoms with Crippen LogP contribution in [0.5, 0.6) is 0 Å². The van der Waals surface area contributed by atoms with Crippen LogP contribution in [0.25, 0.3) is 11.0 Å². The molecule has 0 saturated carbocycles. The average molecular weight is 380 g/mol. The highest BCUT2D eigenvalue weighted by Gasteiger charge is 2.18. The number of anilines is 1. The summed E-state index contributed by atoms with van der Waals surface area (Å²) < 4.78 is 1.68. The van der Waals surface area contributed by atoms with Crippen LogP contribution in [-0.2, 0) is 11.8 Å². The molecule has 0 spiro atoms. The van der Waals surface area contributed by atoms with Gasteiger partial charge in [0.1, 0.15) is 11.4 Å². The highest BCUT2D eigenvalue weighted by molar-refractivity contribution is 8.00. The second-order valence-electron chi connectivity index (χ2n) is 6.20. The van der Waals surface area contributed by atoms with Crippen LogP contribution in [0.3, 0.4) is 0 Å². The lowest BCUT2D eigenvalue weighted by molar-refractivity contribution is -0.116. The molecule has 0 bridgehead atoms. The van der Waals surface area contributed by atoms with E-state index in [1.165, 1.54) is 23.7 Å². The fourth-order valence-corrected chi connectivity index (χ4v) is 3.55. The first-order valence-electron chi connectivity index (χ1n) is 8.51. The molecular weight excluding hydrogens is 360 g/mol. The monoisotopic (exact) mass is 380 g/mol. The van der Waals surface area contributed by atoms with Crippen LogP contribution >= 0.6 is 11.8 Å². The molecule has 3 aromatic rings. The third kappa shape index (κ3) is 4.09. The van der Waals surface area contributed by atoms with Gasteiger partial charge in [0, 0.05) is 19.3 Å². The predicted molar refractivity (Wildman–Crippen MR) is 106 cm³/mol. The summed E-state index contributed by atoms with van der Waals surface area (Å²) in [6, 6.07) is 8.02. The Morgan fingerprint density at radius 3 is 2.85 bits per heavy atom. The number of carbonyl (C=O) groups excluding carboxylic acids is 1. The largest absolute Gasteiger partial charge is 0.311 e. The lowest BCUT2D eigenvalue weighted by atomic mass is 10.1. The van der Waals surface area contributed by atoms with Gasteiger partial charge in [0.05, 0.1) is 29.8 Å². The Morgan fingerprint density at radius 1 is 1.30 bits per heavy atom. The van der Waals surface area contributed by atoms with Gasteiger partial charge >= 0.3 is 0 Å². The van der Waals surface area contributed by atoms with Gasteiger partial charge < -0.3 is 4.90 Å². The molecule has 1 aromatic carbocycles. The summed E-state index contributed by atoms with van der Waals surface area (Å²) in [6.07, 6.45) is 3.47. The zero-order valence-electron chi connectivity index (χ0n) is 15.5. The Balaban J connectivity index is 1.79. The number of amides is 1. The number of benzene rings is 1. The van der Waals surface area contributed by atoms with Gasteiger partial charge in [-0.2, -0.15) is 10.4 Å². The van der Waals surface area contributed by atoms with Crippen molar-refractivity contribution in [3.63, 3.8) is 0 Å². The molecule has 2 aromatic heterocycles. The molecule has 0 atom stereocenters. The molecule has 138 valence electrons. The molecule has 0 saturated heterocycles. The minimum Gasteiger partial charge on any atom is -0.311 e. The number of hydrogen-bond donors (Lipinski definition) is 0. The van der Waals surface area contributed by atoms with E-state index in [0.29, 0.717) is 6.54 Å². The highest BCUT2D eigenvalue weighted by Crippen LogP contribution is 2.26. The average Bonchev–Trinajstić information content (AvgIpc) is 3.05. The van der Waals surface area contributed by atoms with E-state index in [1.807, 2.05) is 39.1 Å². The van der Waals surface area contributed by atoms with Crippen molar-refractivity contribution in [1.82, 2.24) is 19.7 Å². The van der Waals surface area contributed by atoms with Crippen molar-refractivity contribution in [1.29, 1.82) is 5.26 Å². The van der Waals surface area contributed by atoms with E-state index < -0.39 is 0 Å². The van der Waals surface area contributed by atoms with Crippen LogP contribution in [-0.4, -0.2) is 38.0 Å². The molecule has 0 aliphatic heterocycles. The van der Waals surface area contributed by atoms with Crippen LogP contribution in [0.1, 0.15) is 17.5 Å². The maximum atomic E-state index is 12.9. The maximum Gasteiger partial charge on any atom is 0.237 e. The van der Waals surface area contributed by atoms with E-state index in [4.69, 9.17) is 5.26 Å². The molecule has 0 aliphatic rings. The number of hydrogen-bond acceptors (Lipinski definition) is 6. The Labute approximate surface area is 162 Å². The normalized spacial score (nSPS) is 10.7. The number of aryl methyl sites for hydroxylation is 3. The predicted octanol–water partition coefficient (Wildman–Crippen LogP) is 3.02. The number of aromatic nitrogens is 4. The van der Waals surface area contributed by atoms with E-state index in [2.05, 4.69) is 21.1 Å². The molecular formula is C19H20N6OS. The molecule has 0 N–H and O–H groups in total. The molecule has 8 heteroatoms. The highest BCUT2D eigenvalue weighted by atomic mass is 32.2. The number of nitriles is 1. The summed E-state index contributed by atoms with van der Waals surface area (Å²) in [6.45, 7) is 4.41. The van der Waals surface area contributed by atoms with Crippen molar-refractivity contribution in [2.75, 3.05) is 17.2 Å². The summed E-state index contributed by atoms with van der Waals surface area (Å²) in [4.78, 5) is 23.1. The summed E-state index contributed by atoms with van der Waals surface area (Å²) in [7, 11) is 1.82. The molecule has 1 amide bonds. The number of rotatable bonds is 6. The number of fused-ring (bicyclic) bond motifs is 1.